The molecule has 0 bridgehead atoms. The van der Waals surface area contributed by atoms with E-state index in [4.69, 9.17) is 0 Å². The smallest absolute Gasteiger partial charge is 0.228 e. The highest BCUT2D eigenvalue weighted by Gasteiger charge is 2.01. The van der Waals surface area contributed by atoms with Crippen LogP contribution in [0.2, 0.25) is 0 Å². The molecule has 88 valence electrons. The van der Waals surface area contributed by atoms with Crippen molar-refractivity contribution in [3.63, 3.8) is 0 Å². The van der Waals surface area contributed by atoms with Gasteiger partial charge in [0.25, 0.3) is 0 Å². The van der Waals surface area contributed by atoms with E-state index in [0.29, 0.717) is 5.84 Å². The van der Waals surface area contributed by atoms with E-state index in [0.717, 1.165) is 16.8 Å². The molecule has 0 amide bonds. The number of amidine groups is 1. The molecule has 0 radical (unpaired) electrons. The number of hydrogen-bond donors (Lipinski definition) is 0. The molecule has 0 aliphatic heterocycles. The van der Waals surface area contributed by atoms with Crippen molar-refractivity contribution < 1.29 is 4.79 Å². The summed E-state index contributed by atoms with van der Waals surface area (Å²) in [6, 6.07) is 17.1. The molecule has 0 atom stereocenters. The normalized spacial score (nSPS) is 10.8. The minimum atomic E-state index is 0.370. The van der Waals surface area contributed by atoms with Crippen LogP contribution in [0.15, 0.2) is 64.6 Å². The molecule has 0 aliphatic rings. The van der Waals surface area contributed by atoms with Gasteiger partial charge in [0.15, 0.2) is 5.84 Å². The second kappa shape index (κ2) is 5.71. The van der Waals surface area contributed by atoms with Crippen LogP contribution in [0, 0.1) is 6.92 Å². The Kier molecular flexibility index (Phi) is 3.79. The SMILES string of the molecule is Cc1ccc(N=C(N=C=O)c2ccccc2)cc1. The summed E-state index contributed by atoms with van der Waals surface area (Å²) in [6.45, 7) is 2.01. The van der Waals surface area contributed by atoms with Crippen molar-refractivity contribution in [1.29, 1.82) is 0 Å². The molecule has 0 fully saturated rings. The quantitative estimate of drug-likeness (QED) is 0.447. The molecule has 2 aromatic carbocycles. The molecule has 0 N–H and O–H groups in total. The highest BCUT2D eigenvalue weighted by atomic mass is 16.1. The Morgan fingerprint density at radius 1 is 1.00 bits per heavy atom. The minimum Gasteiger partial charge on any atom is -0.228 e. The Labute approximate surface area is 106 Å². The Morgan fingerprint density at radius 2 is 1.67 bits per heavy atom. The van der Waals surface area contributed by atoms with Gasteiger partial charge in [-0.05, 0) is 19.1 Å². The highest BCUT2D eigenvalue weighted by Crippen LogP contribution is 2.15. The van der Waals surface area contributed by atoms with E-state index in [1.54, 1.807) is 6.08 Å². The maximum absolute atomic E-state index is 10.5. The summed E-state index contributed by atoms with van der Waals surface area (Å²) in [4.78, 5) is 18.5. The lowest BCUT2D eigenvalue weighted by Gasteiger charge is -2.00. The maximum atomic E-state index is 10.5. The summed E-state index contributed by atoms with van der Waals surface area (Å²) >= 11 is 0. The topological polar surface area (TPSA) is 41.8 Å². The zero-order valence-electron chi connectivity index (χ0n) is 10.00. The first kappa shape index (κ1) is 12.0. The fourth-order valence-corrected chi connectivity index (χ4v) is 1.53. The number of aryl methyl sites for hydroxylation is 1. The van der Waals surface area contributed by atoms with Crippen molar-refractivity contribution in [2.24, 2.45) is 9.98 Å². The monoisotopic (exact) mass is 236 g/mol. The summed E-state index contributed by atoms with van der Waals surface area (Å²) in [5.74, 6) is 0.370. The van der Waals surface area contributed by atoms with Crippen LogP contribution in [0.25, 0.3) is 0 Å². The van der Waals surface area contributed by atoms with Gasteiger partial charge in [0.2, 0.25) is 6.08 Å². The van der Waals surface area contributed by atoms with Gasteiger partial charge in [-0.15, -0.1) is 4.99 Å². The van der Waals surface area contributed by atoms with Gasteiger partial charge in [-0.2, -0.15) is 0 Å². The standard InChI is InChI=1S/C15H12N2O/c1-12-7-9-14(10-8-12)17-15(16-11-18)13-5-3-2-4-6-13/h2-10H,1H3. The predicted octanol–water partition coefficient (Wildman–Crippen LogP) is 3.41. The van der Waals surface area contributed by atoms with Crippen LogP contribution in [0.1, 0.15) is 11.1 Å². The molecule has 2 aromatic rings. The van der Waals surface area contributed by atoms with E-state index in [9.17, 15) is 4.79 Å². The van der Waals surface area contributed by atoms with Crippen molar-refractivity contribution >= 4 is 17.6 Å². The largest absolute Gasteiger partial charge is 0.242 e. The summed E-state index contributed by atoms with van der Waals surface area (Å²) < 4.78 is 0. The first-order valence-electron chi connectivity index (χ1n) is 5.58. The number of aliphatic imine (C=N–C) groups is 2. The summed E-state index contributed by atoms with van der Waals surface area (Å²) in [5.41, 5.74) is 2.72. The molecule has 0 unspecified atom stereocenters. The third kappa shape index (κ3) is 3.00. The van der Waals surface area contributed by atoms with Gasteiger partial charge in [-0.3, -0.25) is 0 Å². The van der Waals surface area contributed by atoms with E-state index in [-0.39, 0.29) is 0 Å². The lowest BCUT2D eigenvalue weighted by atomic mass is 10.2. The Balaban J connectivity index is 2.42. The van der Waals surface area contributed by atoms with Gasteiger partial charge < -0.3 is 0 Å². The second-order valence-electron chi connectivity index (χ2n) is 3.84. The maximum Gasteiger partial charge on any atom is 0.242 e. The van der Waals surface area contributed by atoms with Gasteiger partial charge in [0, 0.05) is 5.56 Å². The fraction of sp³-hybridized carbons (Fsp3) is 0.0667. The van der Waals surface area contributed by atoms with Gasteiger partial charge in [0.05, 0.1) is 5.69 Å². The molecule has 0 saturated heterocycles. The zero-order chi connectivity index (χ0) is 12.8. The lowest BCUT2D eigenvalue weighted by molar-refractivity contribution is 0.565. The Hall–Kier alpha value is -2.51. The molecular formula is C15H12N2O. The summed E-state index contributed by atoms with van der Waals surface area (Å²) in [7, 11) is 0. The molecule has 2 rings (SSSR count). The second-order valence-corrected chi connectivity index (χ2v) is 3.84. The molecule has 0 saturated carbocycles. The van der Waals surface area contributed by atoms with Crippen molar-refractivity contribution in [3.8, 4) is 0 Å². The van der Waals surface area contributed by atoms with Gasteiger partial charge in [-0.25, -0.2) is 9.79 Å². The highest BCUT2D eigenvalue weighted by molar-refractivity contribution is 6.03. The first-order chi connectivity index (χ1) is 8.79. The number of hydrogen-bond acceptors (Lipinski definition) is 2. The number of nitrogens with zero attached hydrogens (tertiary/aromatic N) is 2. The molecule has 0 aromatic heterocycles. The molecular weight excluding hydrogens is 224 g/mol. The van der Waals surface area contributed by atoms with Crippen LogP contribution < -0.4 is 0 Å². The number of isocyanates is 1. The van der Waals surface area contributed by atoms with Gasteiger partial charge in [0.1, 0.15) is 0 Å². The molecule has 3 nitrogen and oxygen atoms in total. The van der Waals surface area contributed by atoms with Crippen LogP contribution in [0.3, 0.4) is 0 Å². The van der Waals surface area contributed by atoms with E-state index in [1.807, 2.05) is 61.5 Å². The van der Waals surface area contributed by atoms with Crippen LogP contribution in [0.4, 0.5) is 5.69 Å². The van der Waals surface area contributed by atoms with E-state index in [2.05, 4.69) is 9.98 Å². The van der Waals surface area contributed by atoms with Crippen molar-refractivity contribution in [2.45, 2.75) is 6.92 Å². The predicted molar refractivity (Wildman–Crippen MR) is 71.9 cm³/mol. The van der Waals surface area contributed by atoms with Crippen LogP contribution in [-0.4, -0.2) is 11.9 Å². The first-order valence-corrected chi connectivity index (χ1v) is 5.58. The van der Waals surface area contributed by atoms with Crippen LogP contribution in [0.5, 0.6) is 0 Å². The number of rotatable bonds is 2. The number of carbonyl (C=O) groups excluding carboxylic acids is 1. The van der Waals surface area contributed by atoms with Crippen molar-refractivity contribution in [3.05, 3.63) is 65.7 Å². The molecule has 18 heavy (non-hydrogen) atoms. The molecule has 0 aliphatic carbocycles. The molecule has 0 heterocycles. The number of benzene rings is 2. The third-order valence-corrected chi connectivity index (χ3v) is 2.45. The van der Waals surface area contributed by atoms with E-state index >= 15 is 0 Å². The average molecular weight is 236 g/mol. The van der Waals surface area contributed by atoms with E-state index in [1.165, 1.54) is 0 Å². The van der Waals surface area contributed by atoms with Gasteiger partial charge in [-0.1, -0.05) is 48.0 Å². The lowest BCUT2D eigenvalue weighted by Crippen LogP contribution is -1.95. The van der Waals surface area contributed by atoms with Crippen molar-refractivity contribution in [2.75, 3.05) is 0 Å². The third-order valence-electron chi connectivity index (χ3n) is 2.45. The molecule has 0 spiro atoms. The zero-order valence-corrected chi connectivity index (χ0v) is 10.00. The minimum absolute atomic E-state index is 0.370. The summed E-state index contributed by atoms with van der Waals surface area (Å²) in [5, 5.41) is 0. The van der Waals surface area contributed by atoms with E-state index < -0.39 is 0 Å². The van der Waals surface area contributed by atoms with Crippen LogP contribution >= 0.6 is 0 Å². The van der Waals surface area contributed by atoms with Gasteiger partial charge >= 0.3 is 0 Å². The van der Waals surface area contributed by atoms with Crippen LogP contribution in [-0.2, 0) is 4.79 Å². The average Bonchev–Trinajstić information content (AvgIpc) is 2.42. The molecule has 3 heteroatoms. The Bertz CT molecular complexity index is 594. The van der Waals surface area contributed by atoms with Crippen molar-refractivity contribution in [1.82, 2.24) is 0 Å². The fourth-order valence-electron chi connectivity index (χ4n) is 1.53. The Morgan fingerprint density at radius 3 is 2.28 bits per heavy atom. The summed E-state index contributed by atoms with van der Waals surface area (Å²) in [6.07, 6.45) is 1.54.